The van der Waals surface area contributed by atoms with E-state index < -0.39 is 0 Å². The highest BCUT2D eigenvalue weighted by Gasteiger charge is 2.03. The third kappa shape index (κ3) is 1.32. The topological polar surface area (TPSA) is 73.0 Å². The first kappa shape index (κ1) is 8.98. The van der Waals surface area contributed by atoms with Gasteiger partial charge in [0.2, 0.25) is 0 Å². The Labute approximate surface area is 80.1 Å². The van der Waals surface area contributed by atoms with Crippen molar-refractivity contribution in [2.24, 2.45) is 12.9 Å². The average molecular weight is 193 g/mol. The lowest BCUT2D eigenvalue weighted by molar-refractivity contribution is 0.124. The molecule has 14 heavy (non-hydrogen) atoms. The number of hydrogen-bond acceptors (Lipinski definition) is 3. The number of rotatable bonds is 2. The standard InChI is InChI=1S/C9H11N3O2/c1-12-8-3-2-6(5-14-10)4-7(8)11-9(12)13/h2-4H,5,10H2,1H3,(H,11,13). The maximum atomic E-state index is 11.3. The van der Waals surface area contributed by atoms with Gasteiger partial charge in [-0.05, 0) is 17.7 Å². The van der Waals surface area contributed by atoms with Gasteiger partial charge in [0.1, 0.15) is 0 Å². The maximum absolute atomic E-state index is 11.3. The molecule has 0 unspecified atom stereocenters. The van der Waals surface area contributed by atoms with Gasteiger partial charge in [0.15, 0.2) is 0 Å². The molecule has 0 fully saturated rings. The minimum atomic E-state index is -0.120. The highest BCUT2D eigenvalue weighted by atomic mass is 16.6. The molecule has 0 saturated carbocycles. The number of H-pyrrole nitrogens is 1. The van der Waals surface area contributed by atoms with Gasteiger partial charge in [0.05, 0.1) is 17.6 Å². The number of aromatic amines is 1. The SMILES string of the molecule is Cn1c(=O)[nH]c2cc(CON)ccc21. The zero-order chi connectivity index (χ0) is 10.1. The molecule has 3 N–H and O–H groups in total. The van der Waals surface area contributed by atoms with Crippen LogP contribution in [0, 0.1) is 0 Å². The fourth-order valence-corrected chi connectivity index (χ4v) is 1.47. The van der Waals surface area contributed by atoms with Crippen LogP contribution in [0.4, 0.5) is 0 Å². The molecule has 0 aliphatic heterocycles. The summed E-state index contributed by atoms with van der Waals surface area (Å²) in [5.41, 5.74) is 2.48. The Hall–Kier alpha value is -1.59. The van der Waals surface area contributed by atoms with Crippen molar-refractivity contribution >= 4 is 11.0 Å². The van der Waals surface area contributed by atoms with Crippen molar-refractivity contribution in [3.63, 3.8) is 0 Å². The van der Waals surface area contributed by atoms with Crippen LogP contribution in [0.1, 0.15) is 5.56 Å². The molecule has 74 valence electrons. The molecule has 2 rings (SSSR count). The summed E-state index contributed by atoms with van der Waals surface area (Å²) in [4.78, 5) is 18.5. The Morgan fingerprint density at radius 2 is 2.36 bits per heavy atom. The van der Waals surface area contributed by atoms with Gasteiger partial charge in [0.25, 0.3) is 0 Å². The molecule has 0 aliphatic rings. The van der Waals surface area contributed by atoms with E-state index in [0.29, 0.717) is 6.61 Å². The first-order valence-electron chi connectivity index (χ1n) is 4.21. The number of fused-ring (bicyclic) bond motifs is 1. The number of aromatic nitrogens is 2. The minimum absolute atomic E-state index is 0.120. The predicted molar refractivity (Wildman–Crippen MR) is 52.5 cm³/mol. The zero-order valence-electron chi connectivity index (χ0n) is 7.78. The maximum Gasteiger partial charge on any atom is 0.326 e. The van der Waals surface area contributed by atoms with Crippen molar-refractivity contribution in [1.29, 1.82) is 0 Å². The van der Waals surface area contributed by atoms with Crippen molar-refractivity contribution < 1.29 is 4.84 Å². The number of benzene rings is 1. The molecular formula is C9H11N3O2. The van der Waals surface area contributed by atoms with Gasteiger partial charge in [-0.15, -0.1) is 0 Å². The summed E-state index contributed by atoms with van der Waals surface area (Å²) in [5.74, 6) is 4.96. The molecule has 1 aromatic carbocycles. The van der Waals surface area contributed by atoms with Crippen LogP contribution < -0.4 is 11.6 Å². The van der Waals surface area contributed by atoms with Crippen LogP contribution in [0.3, 0.4) is 0 Å². The van der Waals surface area contributed by atoms with Crippen molar-refractivity contribution in [1.82, 2.24) is 9.55 Å². The molecule has 0 atom stereocenters. The van der Waals surface area contributed by atoms with E-state index in [9.17, 15) is 4.79 Å². The van der Waals surface area contributed by atoms with E-state index >= 15 is 0 Å². The monoisotopic (exact) mass is 193 g/mol. The second-order valence-corrected chi connectivity index (χ2v) is 3.15. The van der Waals surface area contributed by atoms with E-state index in [1.54, 1.807) is 11.6 Å². The van der Waals surface area contributed by atoms with Crippen LogP contribution in [0.5, 0.6) is 0 Å². The number of nitrogens with two attached hydrogens (primary N) is 1. The molecule has 0 saturated heterocycles. The van der Waals surface area contributed by atoms with Gasteiger partial charge in [-0.3, -0.25) is 9.40 Å². The summed E-state index contributed by atoms with van der Waals surface area (Å²) in [7, 11) is 1.72. The second-order valence-electron chi connectivity index (χ2n) is 3.15. The molecule has 0 radical (unpaired) electrons. The molecule has 5 heteroatoms. The van der Waals surface area contributed by atoms with Crippen molar-refractivity contribution in [3.8, 4) is 0 Å². The van der Waals surface area contributed by atoms with E-state index in [1.807, 2.05) is 18.2 Å². The van der Waals surface area contributed by atoms with Crippen LogP contribution >= 0.6 is 0 Å². The van der Waals surface area contributed by atoms with E-state index in [1.165, 1.54) is 0 Å². The molecule has 2 aromatic rings. The molecular weight excluding hydrogens is 182 g/mol. The molecule has 0 spiro atoms. The summed E-state index contributed by atoms with van der Waals surface area (Å²) in [5, 5.41) is 0. The van der Waals surface area contributed by atoms with Crippen LogP contribution in [-0.4, -0.2) is 9.55 Å². The summed E-state index contributed by atoms with van der Waals surface area (Å²) < 4.78 is 1.56. The highest BCUT2D eigenvalue weighted by molar-refractivity contribution is 5.75. The summed E-state index contributed by atoms with van der Waals surface area (Å²) in [6.45, 7) is 0.340. The first-order chi connectivity index (χ1) is 6.72. The van der Waals surface area contributed by atoms with Crippen LogP contribution in [0.25, 0.3) is 11.0 Å². The van der Waals surface area contributed by atoms with Crippen molar-refractivity contribution in [2.45, 2.75) is 6.61 Å². The van der Waals surface area contributed by atoms with Crippen molar-refractivity contribution in [2.75, 3.05) is 0 Å². The summed E-state index contributed by atoms with van der Waals surface area (Å²) >= 11 is 0. The van der Waals surface area contributed by atoms with Gasteiger partial charge in [0, 0.05) is 7.05 Å². The van der Waals surface area contributed by atoms with Gasteiger partial charge in [-0.25, -0.2) is 10.7 Å². The summed E-state index contributed by atoms with van der Waals surface area (Å²) in [6.07, 6.45) is 0. The normalized spacial score (nSPS) is 11.0. The number of imidazole rings is 1. The Bertz CT molecular complexity index is 512. The van der Waals surface area contributed by atoms with Crippen LogP contribution in [0.15, 0.2) is 23.0 Å². The molecule has 0 bridgehead atoms. The smallest absolute Gasteiger partial charge is 0.306 e. The van der Waals surface area contributed by atoms with Gasteiger partial charge >= 0.3 is 5.69 Å². The van der Waals surface area contributed by atoms with E-state index in [2.05, 4.69) is 9.82 Å². The fourth-order valence-electron chi connectivity index (χ4n) is 1.47. The number of nitrogens with one attached hydrogen (secondary N) is 1. The van der Waals surface area contributed by atoms with Gasteiger partial charge in [-0.2, -0.15) is 0 Å². The fraction of sp³-hybridized carbons (Fsp3) is 0.222. The zero-order valence-corrected chi connectivity index (χ0v) is 7.78. The largest absolute Gasteiger partial charge is 0.326 e. The first-order valence-corrected chi connectivity index (χ1v) is 4.21. The Morgan fingerprint density at radius 1 is 1.57 bits per heavy atom. The molecule has 1 heterocycles. The molecule has 1 aromatic heterocycles. The Morgan fingerprint density at radius 3 is 3.07 bits per heavy atom. The Balaban J connectivity index is 2.61. The predicted octanol–water partition coefficient (Wildman–Crippen LogP) is 0.257. The van der Waals surface area contributed by atoms with E-state index in [-0.39, 0.29) is 5.69 Å². The van der Waals surface area contributed by atoms with Gasteiger partial charge < -0.3 is 4.98 Å². The van der Waals surface area contributed by atoms with Gasteiger partial charge in [-0.1, -0.05) is 6.07 Å². The number of nitrogens with zero attached hydrogens (tertiary/aromatic N) is 1. The third-order valence-electron chi connectivity index (χ3n) is 2.22. The minimum Gasteiger partial charge on any atom is -0.306 e. The highest BCUT2D eigenvalue weighted by Crippen LogP contribution is 2.12. The number of aryl methyl sites for hydroxylation is 1. The quantitative estimate of drug-likeness (QED) is 0.672. The van der Waals surface area contributed by atoms with Crippen molar-refractivity contribution in [3.05, 3.63) is 34.2 Å². The molecule has 5 nitrogen and oxygen atoms in total. The van der Waals surface area contributed by atoms with Crippen LogP contribution in [0.2, 0.25) is 0 Å². The average Bonchev–Trinajstić information content (AvgIpc) is 2.43. The lowest BCUT2D eigenvalue weighted by atomic mass is 10.2. The summed E-state index contributed by atoms with van der Waals surface area (Å²) in [6, 6.07) is 5.59. The van der Waals surface area contributed by atoms with Crippen LogP contribution in [-0.2, 0) is 18.5 Å². The Kier molecular flexibility index (Phi) is 2.11. The lowest BCUT2D eigenvalue weighted by Crippen LogP contribution is -2.11. The molecule has 0 amide bonds. The lowest BCUT2D eigenvalue weighted by Gasteiger charge is -1.98. The third-order valence-corrected chi connectivity index (χ3v) is 2.22. The second kappa shape index (κ2) is 3.28. The number of hydrogen-bond donors (Lipinski definition) is 2. The van der Waals surface area contributed by atoms with E-state index in [4.69, 9.17) is 5.90 Å². The van der Waals surface area contributed by atoms with E-state index in [0.717, 1.165) is 16.6 Å². The molecule has 0 aliphatic carbocycles.